The quantitative estimate of drug-likeness (QED) is 0.687. The monoisotopic (exact) mass is 228 g/mol. The predicted molar refractivity (Wildman–Crippen MR) is 64.0 cm³/mol. The molecule has 0 aromatic carbocycles. The van der Waals surface area contributed by atoms with Crippen molar-refractivity contribution in [2.24, 2.45) is 17.6 Å². The van der Waals surface area contributed by atoms with Crippen LogP contribution < -0.4 is 11.1 Å². The minimum atomic E-state index is -0.00891. The molecule has 1 aliphatic rings. The molecular formula is C12H24N2O2. The number of amides is 1. The zero-order valence-electron chi connectivity index (χ0n) is 10.4. The van der Waals surface area contributed by atoms with Gasteiger partial charge in [-0.25, -0.2) is 0 Å². The number of nitrogens with two attached hydrogens (primary N) is 1. The van der Waals surface area contributed by atoms with Gasteiger partial charge in [-0.15, -0.1) is 0 Å². The van der Waals surface area contributed by atoms with Gasteiger partial charge >= 0.3 is 0 Å². The van der Waals surface area contributed by atoms with E-state index in [4.69, 9.17) is 10.5 Å². The van der Waals surface area contributed by atoms with Crippen molar-refractivity contribution in [2.45, 2.75) is 39.2 Å². The minimum Gasteiger partial charge on any atom is -0.380 e. The Kier molecular flexibility index (Phi) is 5.77. The third-order valence-electron chi connectivity index (χ3n) is 3.38. The van der Waals surface area contributed by atoms with Gasteiger partial charge in [0.15, 0.2) is 0 Å². The maximum absolute atomic E-state index is 11.9. The van der Waals surface area contributed by atoms with Crippen LogP contribution in [-0.2, 0) is 9.53 Å². The number of rotatable bonds is 5. The maximum atomic E-state index is 11.9. The van der Waals surface area contributed by atoms with E-state index in [1.54, 1.807) is 0 Å². The molecular weight excluding hydrogens is 204 g/mol. The lowest BCUT2D eigenvalue weighted by Gasteiger charge is -2.32. The third-order valence-corrected chi connectivity index (χ3v) is 3.38. The molecule has 94 valence electrons. The predicted octanol–water partition coefficient (Wildman–Crippen LogP) is 0.903. The number of nitrogens with one attached hydrogen (secondary N) is 1. The number of hydrogen-bond acceptors (Lipinski definition) is 3. The summed E-state index contributed by atoms with van der Waals surface area (Å²) in [5, 5.41) is 2.89. The Labute approximate surface area is 97.9 Å². The lowest BCUT2D eigenvalue weighted by atomic mass is 9.78. The lowest BCUT2D eigenvalue weighted by Crippen LogP contribution is -2.47. The van der Waals surface area contributed by atoms with Crippen molar-refractivity contribution in [1.29, 1.82) is 0 Å². The first kappa shape index (κ1) is 13.5. The molecule has 0 radical (unpaired) electrons. The van der Waals surface area contributed by atoms with Crippen molar-refractivity contribution in [3.05, 3.63) is 0 Å². The molecule has 3 unspecified atom stereocenters. The van der Waals surface area contributed by atoms with E-state index >= 15 is 0 Å². The first-order valence-electron chi connectivity index (χ1n) is 6.27. The zero-order chi connectivity index (χ0) is 12.0. The fourth-order valence-electron chi connectivity index (χ4n) is 2.27. The summed E-state index contributed by atoms with van der Waals surface area (Å²) < 4.78 is 5.17. The van der Waals surface area contributed by atoms with E-state index in [9.17, 15) is 4.79 Å². The second-order valence-corrected chi connectivity index (χ2v) is 4.58. The summed E-state index contributed by atoms with van der Waals surface area (Å²) >= 11 is 0. The molecule has 3 atom stereocenters. The number of carbonyl (C=O) groups is 1. The van der Waals surface area contributed by atoms with E-state index in [0.717, 1.165) is 19.3 Å². The van der Waals surface area contributed by atoms with Crippen molar-refractivity contribution in [1.82, 2.24) is 5.32 Å². The van der Waals surface area contributed by atoms with Gasteiger partial charge in [0, 0.05) is 19.2 Å². The second-order valence-electron chi connectivity index (χ2n) is 4.58. The van der Waals surface area contributed by atoms with Crippen LogP contribution in [0.5, 0.6) is 0 Å². The van der Waals surface area contributed by atoms with E-state index in [1.165, 1.54) is 0 Å². The highest BCUT2D eigenvalue weighted by atomic mass is 16.5. The third kappa shape index (κ3) is 3.76. The topological polar surface area (TPSA) is 64.3 Å². The average molecular weight is 228 g/mol. The normalized spacial score (nSPS) is 30.1. The van der Waals surface area contributed by atoms with Crippen LogP contribution in [0.15, 0.2) is 0 Å². The minimum absolute atomic E-state index is 0.00891. The molecule has 0 aromatic rings. The summed E-state index contributed by atoms with van der Waals surface area (Å²) in [7, 11) is 0. The summed E-state index contributed by atoms with van der Waals surface area (Å²) in [5.41, 5.74) is 6.06. The molecule has 1 amide bonds. The molecule has 1 fully saturated rings. The molecule has 0 heterocycles. The SMILES string of the molecule is CCOCCNC(=O)C1CCCC(C)C1N. The van der Waals surface area contributed by atoms with Crippen molar-refractivity contribution in [2.75, 3.05) is 19.8 Å². The van der Waals surface area contributed by atoms with Crippen molar-refractivity contribution in [3.63, 3.8) is 0 Å². The molecule has 0 spiro atoms. The maximum Gasteiger partial charge on any atom is 0.224 e. The van der Waals surface area contributed by atoms with Crippen LogP contribution >= 0.6 is 0 Å². The van der Waals surface area contributed by atoms with Crippen LogP contribution in [0.4, 0.5) is 0 Å². The zero-order valence-corrected chi connectivity index (χ0v) is 10.4. The molecule has 0 aliphatic heterocycles. The van der Waals surface area contributed by atoms with E-state index < -0.39 is 0 Å². The van der Waals surface area contributed by atoms with E-state index in [2.05, 4.69) is 12.2 Å². The Morgan fingerprint density at radius 2 is 2.25 bits per heavy atom. The largest absolute Gasteiger partial charge is 0.380 e. The van der Waals surface area contributed by atoms with Gasteiger partial charge in [-0.05, 0) is 25.7 Å². The Balaban J connectivity index is 2.29. The molecule has 1 aliphatic carbocycles. The molecule has 16 heavy (non-hydrogen) atoms. The molecule has 0 aromatic heterocycles. The highest BCUT2D eigenvalue weighted by Crippen LogP contribution is 2.27. The number of carbonyl (C=O) groups excluding carboxylic acids is 1. The van der Waals surface area contributed by atoms with Crippen LogP contribution in [0.3, 0.4) is 0 Å². The second kappa shape index (κ2) is 6.86. The van der Waals surface area contributed by atoms with Crippen LogP contribution in [0.2, 0.25) is 0 Å². The number of ether oxygens (including phenoxy) is 1. The van der Waals surface area contributed by atoms with Gasteiger partial charge in [0.2, 0.25) is 5.91 Å². The van der Waals surface area contributed by atoms with Gasteiger partial charge in [-0.1, -0.05) is 13.3 Å². The standard InChI is InChI=1S/C12H24N2O2/c1-3-16-8-7-14-12(15)10-6-4-5-9(2)11(10)13/h9-11H,3-8,13H2,1-2H3,(H,14,15). The Hall–Kier alpha value is -0.610. The molecule has 4 heteroatoms. The van der Waals surface area contributed by atoms with Gasteiger partial charge in [0.05, 0.1) is 12.5 Å². The van der Waals surface area contributed by atoms with Crippen molar-refractivity contribution in [3.8, 4) is 0 Å². The first-order valence-corrected chi connectivity index (χ1v) is 6.27. The van der Waals surface area contributed by atoms with Crippen molar-refractivity contribution < 1.29 is 9.53 Å². The molecule has 0 bridgehead atoms. The van der Waals surface area contributed by atoms with Crippen LogP contribution in [0.25, 0.3) is 0 Å². The fraction of sp³-hybridized carbons (Fsp3) is 0.917. The van der Waals surface area contributed by atoms with Gasteiger partial charge in [0.25, 0.3) is 0 Å². The lowest BCUT2D eigenvalue weighted by molar-refractivity contribution is -0.127. The summed E-state index contributed by atoms with van der Waals surface area (Å²) in [5.74, 6) is 0.542. The summed E-state index contributed by atoms with van der Waals surface area (Å²) in [6, 6.07) is 0.0147. The van der Waals surface area contributed by atoms with E-state index in [0.29, 0.717) is 25.7 Å². The Morgan fingerprint density at radius 3 is 2.94 bits per heavy atom. The van der Waals surface area contributed by atoms with Crippen molar-refractivity contribution >= 4 is 5.91 Å². The highest BCUT2D eigenvalue weighted by molar-refractivity contribution is 5.79. The average Bonchev–Trinajstić information content (AvgIpc) is 2.28. The van der Waals surface area contributed by atoms with Gasteiger partial charge in [0.1, 0.15) is 0 Å². The number of hydrogen-bond donors (Lipinski definition) is 2. The smallest absolute Gasteiger partial charge is 0.224 e. The van der Waals surface area contributed by atoms with Gasteiger partial charge in [-0.3, -0.25) is 4.79 Å². The molecule has 0 saturated heterocycles. The molecule has 4 nitrogen and oxygen atoms in total. The van der Waals surface area contributed by atoms with Gasteiger partial charge in [-0.2, -0.15) is 0 Å². The molecule has 1 saturated carbocycles. The first-order chi connectivity index (χ1) is 7.66. The summed E-state index contributed by atoms with van der Waals surface area (Å²) in [4.78, 5) is 11.9. The summed E-state index contributed by atoms with van der Waals surface area (Å²) in [6.07, 6.45) is 3.17. The molecule has 1 rings (SSSR count). The van der Waals surface area contributed by atoms with Gasteiger partial charge < -0.3 is 15.8 Å². The van der Waals surface area contributed by atoms with Crippen LogP contribution in [0.1, 0.15) is 33.1 Å². The summed E-state index contributed by atoms with van der Waals surface area (Å²) in [6.45, 7) is 5.94. The van der Waals surface area contributed by atoms with E-state index in [1.807, 2.05) is 6.92 Å². The Morgan fingerprint density at radius 1 is 1.50 bits per heavy atom. The fourth-order valence-corrected chi connectivity index (χ4v) is 2.27. The Bertz CT molecular complexity index is 221. The van der Waals surface area contributed by atoms with Crippen LogP contribution in [-0.4, -0.2) is 31.7 Å². The van der Waals surface area contributed by atoms with E-state index in [-0.39, 0.29) is 17.9 Å². The van der Waals surface area contributed by atoms with Crippen LogP contribution in [0, 0.1) is 11.8 Å². The molecule has 3 N–H and O–H groups in total. The highest BCUT2D eigenvalue weighted by Gasteiger charge is 2.32.